The summed E-state index contributed by atoms with van der Waals surface area (Å²) in [5.74, 6) is 1.02. The summed E-state index contributed by atoms with van der Waals surface area (Å²) < 4.78 is 0. The molecule has 140 valence electrons. The third-order valence-electron chi connectivity index (χ3n) is 10.3. The van der Waals surface area contributed by atoms with Gasteiger partial charge in [0.1, 0.15) is 0 Å². The molecule has 8 aliphatic rings. The van der Waals surface area contributed by atoms with Crippen molar-refractivity contribution >= 4 is 11.6 Å². The van der Waals surface area contributed by atoms with Gasteiger partial charge in [-0.05, 0) is 115 Å². The third-order valence-corrected chi connectivity index (χ3v) is 10.7. The minimum atomic E-state index is 0.128. The largest absolute Gasteiger partial charge is 0.119 e. The Kier molecular flexibility index (Phi) is 2.61. The average Bonchev–Trinajstić information content (AvgIpc) is 2.26. The molecule has 0 aromatic rings. The normalized spacial score (nSPS) is 70.2. The van der Waals surface area contributed by atoms with E-state index in [-0.39, 0.29) is 4.87 Å². The summed E-state index contributed by atoms with van der Waals surface area (Å²) in [5, 5.41) is 0. The van der Waals surface area contributed by atoms with Gasteiger partial charge in [-0.3, -0.25) is 0 Å². The fourth-order valence-electron chi connectivity index (χ4n) is 12.2. The van der Waals surface area contributed by atoms with E-state index in [2.05, 4.69) is 27.7 Å². The molecule has 25 heavy (non-hydrogen) atoms. The van der Waals surface area contributed by atoms with Crippen molar-refractivity contribution in [2.75, 3.05) is 0 Å². The first-order valence-electron chi connectivity index (χ1n) is 11.1. The molecule has 0 N–H and O–H groups in total. The Hall–Kier alpha value is 0.290. The van der Waals surface area contributed by atoms with Gasteiger partial charge in [-0.15, -0.1) is 11.6 Å². The van der Waals surface area contributed by atoms with Crippen LogP contribution in [0.25, 0.3) is 0 Å². The summed E-state index contributed by atoms with van der Waals surface area (Å²) in [4.78, 5) is 0.128. The first-order valence-corrected chi connectivity index (χ1v) is 11.5. The molecule has 0 heterocycles. The Balaban J connectivity index is 1.51. The first kappa shape index (κ1) is 16.3. The molecule has 0 amide bonds. The Morgan fingerprint density at radius 1 is 0.520 bits per heavy atom. The van der Waals surface area contributed by atoms with E-state index in [1.807, 2.05) is 0 Å². The molecule has 8 saturated carbocycles. The van der Waals surface area contributed by atoms with Crippen molar-refractivity contribution in [2.45, 2.75) is 110 Å². The molecule has 8 rings (SSSR count). The lowest BCUT2D eigenvalue weighted by Crippen LogP contribution is -2.69. The van der Waals surface area contributed by atoms with Gasteiger partial charge in [0.05, 0.1) is 0 Å². The SMILES string of the molecule is CC12CC3CC(C)(C1)CC(C14CC5(C)CC(C)(CC(Cl)(C5)C1)C4)(C3)C2. The maximum absolute atomic E-state index is 7.41. The van der Waals surface area contributed by atoms with Crippen LogP contribution < -0.4 is 0 Å². The molecule has 0 radical (unpaired) electrons. The molecular weight excluding hydrogens is 324 g/mol. The van der Waals surface area contributed by atoms with E-state index >= 15 is 0 Å². The molecule has 4 atom stereocenters. The first-order chi connectivity index (χ1) is 11.4. The number of rotatable bonds is 1. The summed E-state index contributed by atoms with van der Waals surface area (Å²) in [6, 6.07) is 0. The average molecular weight is 361 g/mol. The lowest BCUT2D eigenvalue weighted by atomic mass is 9.28. The number of hydrogen-bond acceptors (Lipinski definition) is 0. The van der Waals surface area contributed by atoms with Gasteiger partial charge < -0.3 is 0 Å². The zero-order valence-corrected chi connectivity index (χ0v) is 17.7. The standard InChI is InChI=1S/C24H37Cl/c1-18-5-17-6-19(2,8-18)11-22(7-17,10-18)23-12-20(3)9-21(4,13-23)15-24(25,14-20)16-23/h17H,5-16H2,1-4H3. The van der Waals surface area contributed by atoms with Crippen molar-refractivity contribution in [1.82, 2.24) is 0 Å². The van der Waals surface area contributed by atoms with Crippen LogP contribution in [0.4, 0.5) is 0 Å². The van der Waals surface area contributed by atoms with E-state index in [9.17, 15) is 0 Å². The molecule has 4 unspecified atom stereocenters. The van der Waals surface area contributed by atoms with Gasteiger partial charge in [-0.2, -0.15) is 0 Å². The van der Waals surface area contributed by atoms with Crippen LogP contribution in [-0.2, 0) is 0 Å². The van der Waals surface area contributed by atoms with Crippen molar-refractivity contribution < 1.29 is 0 Å². The molecule has 0 aromatic carbocycles. The van der Waals surface area contributed by atoms with E-state index < -0.39 is 0 Å². The minimum Gasteiger partial charge on any atom is -0.119 e. The highest BCUT2D eigenvalue weighted by Crippen LogP contribution is 2.82. The zero-order chi connectivity index (χ0) is 17.6. The lowest BCUT2D eigenvalue weighted by molar-refractivity contribution is -0.260. The molecule has 0 saturated heterocycles. The second kappa shape index (κ2) is 4.01. The fraction of sp³-hybridized carbons (Fsp3) is 1.00. The van der Waals surface area contributed by atoms with Gasteiger partial charge in [-0.1, -0.05) is 27.7 Å². The monoisotopic (exact) mass is 360 g/mol. The lowest BCUT2D eigenvalue weighted by Gasteiger charge is -2.77. The van der Waals surface area contributed by atoms with Crippen molar-refractivity contribution in [3.8, 4) is 0 Å². The van der Waals surface area contributed by atoms with Gasteiger partial charge in [0.25, 0.3) is 0 Å². The molecular formula is C24H37Cl. The summed E-state index contributed by atoms with van der Waals surface area (Å²) in [5.41, 5.74) is 3.51. The number of halogens is 1. The van der Waals surface area contributed by atoms with Crippen LogP contribution in [0.3, 0.4) is 0 Å². The molecule has 0 spiro atoms. The predicted octanol–water partition coefficient (Wildman–Crippen LogP) is 7.34. The van der Waals surface area contributed by atoms with Crippen molar-refractivity contribution in [1.29, 1.82) is 0 Å². The van der Waals surface area contributed by atoms with Crippen molar-refractivity contribution in [3.05, 3.63) is 0 Å². The molecule has 8 fully saturated rings. The summed E-state index contributed by atoms with van der Waals surface area (Å²) in [7, 11) is 0. The van der Waals surface area contributed by atoms with Gasteiger partial charge in [-0.25, -0.2) is 0 Å². The van der Waals surface area contributed by atoms with Gasteiger partial charge in [0, 0.05) is 4.87 Å². The molecule has 8 aliphatic carbocycles. The minimum absolute atomic E-state index is 0.128. The Morgan fingerprint density at radius 3 is 1.48 bits per heavy atom. The Bertz CT molecular complexity index is 589. The molecule has 0 aromatic heterocycles. The molecule has 8 bridgehead atoms. The highest BCUT2D eigenvalue weighted by atomic mass is 35.5. The van der Waals surface area contributed by atoms with Crippen LogP contribution in [0.5, 0.6) is 0 Å². The molecule has 0 aliphatic heterocycles. The van der Waals surface area contributed by atoms with E-state index in [1.54, 1.807) is 6.42 Å². The second-order valence-corrected chi connectivity index (χ2v) is 14.8. The van der Waals surface area contributed by atoms with E-state index in [4.69, 9.17) is 11.6 Å². The summed E-state index contributed by atoms with van der Waals surface area (Å²) in [6.07, 6.45) is 17.6. The van der Waals surface area contributed by atoms with E-state index in [1.165, 1.54) is 70.6 Å². The topological polar surface area (TPSA) is 0 Å². The second-order valence-electron chi connectivity index (χ2n) is 14.0. The van der Waals surface area contributed by atoms with Gasteiger partial charge >= 0.3 is 0 Å². The Morgan fingerprint density at radius 2 is 1.00 bits per heavy atom. The van der Waals surface area contributed by atoms with Crippen LogP contribution in [0.15, 0.2) is 0 Å². The predicted molar refractivity (Wildman–Crippen MR) is 105 cm³/mol. The van der Waals surface area contributed by atoms with Crippen LogP contribution in [0.1, 0.15) is 105 Å². The summed E-state index contributed by atoms with van der Waals surface area (Å²) in [6.45, 7) is 10.5. The highest BCUT2D eigenvalue weighted by molar-refractivity contribution is 6.24. The zero-order valence-electron chi connectivity index (χ0n) is 16.9. The van der Waals surface area contributed by atoms with Crippen LogP contribution >= 0.6 is 11.6 Å². The van der Waals surface area contributed by atoms with E-state index in [0.717, 1.165) is 5.92 Å². The van der Waals surface area contributed by atoms with Crippen LogP contribution in [-0.4, -0.2) is 4.87 Å². The Labute approximate surface area is 159 Å². The fourth-order valence-corrected chi connectivity index (χ4v) is 13.1. The molecule has 0 nitrogen and oxygen atoms in total. The van der Waals surface area contributed by atoms with Crippen molar-refractivity contribution in [2.24, 2.45) is 38.4 Å². The quantitative estimate of drug-likeness (QED) is 0.429. The smallest absolute Gasteiger partial charge is 0.0462 e. The highest BCUT2D eigenvalue weighted by Gasteiger charge is 2.74. The summed E-state index contributed by atoms with van der Waals surface area (Å²) >= 11 is 7.41. The number of alkyl halides is 1. The van der Waals surface area contributed by atoms with Crippen LogP contribution in [0, 0.1) is 38.4 Å². The van der Waals surface area contributed by atoms with Crippen LogP contribution in [0.2, 0.25) is 0 Å². The van der Waals surface area contributed by atoms with Gasteiger partial charge in [0.2, 0.25) is 0 Å². The maximum Gasteiger partial charge on any atom is 0.0462 e. The molecule has 1 heteroatoms. The maximum atomic E-state index is 7.41. The third kappa shape index (κ3) is 1.97. The van der Waals surface area contributed by atoms with Crippen molar-refractivity contribution in [3.63, 3.8) is 0 Å². The van der Waals surface area contributed by atoms with E-state index in [0.29, 0.717) is 32.5 Å². The van der Waals surface area contributed by atoms with Gasteiger partial charge in [0.15, 0.2) is 0 Å². The number of hydrogen-bond donors (Lipinski definition) is 0.